The van der Waals surface area contributed by atoms with Gasteiger partial charge in [0.1, 0.15) is 11.1 Å². The van der Waals surface area contributed by atoms with E-state index in [4.69, 9.17) is 84.5 Å². The highest BCUT2D eigenvalue weighted by Crippen LogP contribution is 2.67. The van der Waals surface area contributed by atoms with Gasteiger partial charge in [0.15, 0.2) is 11.3 Å². The predicted molar refractivity (Wildman–Crippen MR) is 168 cm³/mol. The van der Waals surface area contributed by atoms with E-state index >= 15 is 0 Å². The second-order valence-electron chi connectivity index (χ2n) is 12.3. The summed E-state index contributed by atoms with van der Waals surface area (Å²) in [5.74, 6) is -6.52. The fraction of sp³-hybridized carbons (Fsp3) is 0.467. The second-order valence-corrected chi connectivity index (χ2v) is 14.0. The highest BCUT2D eigenvalue weighted by atomic mass is 35.5. The van der Waals surface area contributed by atoms with Gasteiger partial charge in [-0.05, 0) is 48.2 Å². The van der Waals surface area contributed by atoms with E-state index in [9.17, 15) is 28.4 Å². The molecule has 6 rings (SSSR count). The van der Waals surface area contributed by atoms with Gasteiger partial charge in [-0.25, -0.2) is 8.78 Å². The molecule has 47 heavy (non-hydrogen) atoms. The molecule has 2 aromatic carbocycles. The van der Waals surface area contributed by atoms with E-state index < -0.39 is 76.0 Å². The molecule has 0 radical (unpaired) electrons. The van der Waals surface area contributed by atoms with Gasteiger partial charge >= 0.3 is 0 Å². The van der Waals surface area contributed by atoms with Crippen LogP contribution in [0.2, 0.25) is 20.1 Å². The Hall–Kier alpha value is -2.80. The zero-order valence-corrected chi connectivity index (χ0v) is 27.4. The Morgan fingerprint density at radius 2 is 1.17 bits per heavy atom. The Morgan fingerprint density at radius 1 is 0.745 bits per heavy atom. The number of carbonyl (C=O) groups is 3. The molecule has 11 nitrogen and oxygen atoms in total. The SMILES string of the molecule is N#C[C@@]1(N)[C@H]2[C@@H](C[C@H]1OCc1ccc(Cl)c(Cl)c1)[C@]2(F)C(N)=O.NC(=O)[C@@]1(N)[C@H]2[C@@H](C[C@H]1OCc1ccc(Cl)c(Cl)c1)[C@]2(F)C(N)=O. The van der Waals surface area contributed by atoms with Crippen molar-refractivity contribution in [1.82, 2.24) is 0 Å². The highest BCUT2D eigenvalue weighted by Gasteiger charge is 2.84. The van der Waals surface area contributed by atoms with Gasteiger partial charge in [-0.1, -0.05) is 58.5 Å². The lowest BCUT2D eigenvalue weighted by Gasteiger charge is -2.32. The van der Waals surface area contributed by atoms with Crippen molar-refractivity contribution in [2.24, 2.45) is 52.3 Å². The number of halogens is 6. The number of carbonyl (C=O) groups excluding carboxylic acids is 3. The Labute approximate surface area is 287 Å². The quantitative estimate of drug-likeness (QED) is 0.257. The molecule has 17 heteroatoms. The maximum atomic E-state index is 14.6. The summed E-state index contributed by atoms with van der Waals surface area (Å²) in [6.45, 7) is 0.237. The normalized spacial score (nSPS) is 37.5. The number of nitrogens with two attached hydrogens (primary N) is 5. The zero-order valence-electron chi connectivity index (χ0n) is 24.4. The summed E-state index contributed by atoms with van der Waals surface area (Å²) in [7, 11) is 0. The summed E-state index contributed by atoms with van der Waals surface area (Å²) in [5.41, 5.74) is 21.3. The number of primary amides is 3. The van der Waals surface area contributed by atoms with E-state index in [0.29, 0.717) is 25.7 Å². The third kappa shape index (κ3) is 5.62. The lowest BCUT2D eigenvalue weighted by atomic mass is 9.87. The van der Waals surface area contributed by atoms with Crippen LogP contribution in [0.1, 0.15) is 24.0 Å². The molecule has 0 heterocycles. The van der Waals surface area contributed by atoms with E-state index in [1.807, 2.05) is 6.07 Å². The van der Waals surface area contributed by atoms with E-state index in [0.717, 1.165) is 5.56 Å². The molecule has 10 atom stereocenters. The summed E-state index contributed by atoms with van der Waals surface area (Å²) in [4.78, 5) is 34.5. The minimum Gasteiger partial charge on any atom is -0.371 e. The molecule has 4 aliphatic rings. The number of fused-ring (bicyclic) bond motifs is 2. The lowest BCUT2D eigenvalue weighted by Crippen LogP contribution is -2.63. The van der Waals surface area contributed by atoms with E-state index in [1.165, 1.54) is 0 Å². The average Bonchev–Trinajstić information content (AvgIpc) is 3.72. The first-order valence-electron chi connectivity index (χ1n) is 14.3. The molecule has 0 unspecified atom stereocenters. The molecule has 4 saturated carbocycles. The van der Waals surface area contributed by atoms with E-state index in [2.05, 4.69) is 0 Å². The number of nitriles is 1. The molecule has 3 amide bonds. The van der Waals surface area contributed by atoms with Crippen LogP contribution in [0.5, 0.6) is 0 Å². The molecule has 0 bridgehead atoms. The average molecular weight is 734 g/mol. The molecular weight excluding hydrogens is 704 g/mol. The first-order chi connectivity index (χ1) is 21.9. The third-order valence-corrected chi connectivity index (χ3v) is 11.3. The summed E-state index contributed by atoms with van der Waals surface area (Å²) >= 11 is 23.5. The monoisotopic (exact) mass is 732 g/mol. The Balaban J connectivity index is 0.000000185. The molecular formula is C30H30Cl4F2N6O5. The Kier molecular flexibility index (Phi) is 9.27. The number of amides is 3. The zero-order chi connectivity index (χ0) is 34.9. The van der Waals surface area contributed by atoms with Crippen LogP contribution in [0.15, 0.2) is 36.4 Å². The van der Waals surface area contributed by atoms with Crippen molar-refractivity contribution in [3.05, 3.63) is 67.6 Å². The van der Waals surface area contributed by atoms with Crippen molar-refractivity contribution in [2.45, 2.75) is 60.7 Å². The molecule has 4 aliphatic carbocycles. The number of rotatable bonds is 9. The van der Waals surface area contributed by atoms with Crippen molar-refractivity contribution in [2.75, 3.05) is 0 Å². The number of benzene rings is 2. The van der Waals surface area contributed by atoms with E-state index in [-0.39, 0.29) is 26.1 Å². The van der Waals surface area contributed by atoms with Crippen LogP contribution in [0.3, 0.4) is 0 Å². The minimum atomic E-state index is -2.30. The van der Waals surface area contributed by atoms with Crippen molar-refractivity contribution in [3.63, 3.8) is 0 Å². The standard InChI is InChI=1S/C15H16Cl2FN3O3.C15H14Cl2FN3O2/c16-8-2-1-6(3-9(8)17)5-24-10-4-7-11(14(7,18)12(19)22)15(10,21)13(20)23;16-9-2-1-7(3-10(9)17)5-23-11-4-8-12(14(11,21)6-19)15(8,18)13(20)22/h1-3,7,10-11H,4-5,21H2,(H2,19,22)(H2,20,23);1-3,8,11-12H,4-5,21H2,(H2,20,22)/t7-,10-,11+,14-,15+;8-,11-,12-,14+,15-/m11/s1. The van der Waals surface area contributed by atoms with Crippen molar-refractivity contribution < 1.29 is 32.6 Å². The number of ether oxygens (including phenoxy) is 2. The van der Waals surface area contributed by atoms with Gasteiger partial charge in [-0.3, -0.25) is 14.4 Å². The van der Waals surface area contributed by atoms with Gasteiger partial charge < -0.3 is 38.1 Å². The van der Waals surface area contributed by atoms with Gasteiger partial charge in [0, 0.05) is 23.7 Å². The minimum absolute atomic E-state index is 0.0864. The topological polar surface area (TPSA) is 224 Å². The van der Waals surface area contributed by atoms with Gasteiger partial charge in [0.05, 0.1) is 51.6 Å². The number of hydrogen-bond donors (Lipinski definition) is 5. The summed E-state index contributed by atoms with van der Waals surface area (Å²) < 4.78 is 40.4. The van der Waals surface area contributed by atoms with Gasteiger partial charge in [-0.2, -0.15) is 5.26 Å². The summed E-state index contributed by atoms with van der Waals surface area (Å²) in [6, 6.07) is 11.8. The van der Waals surface area contributed by atoms with Gasteiger partial charge in [0.25, 0.3) is 11.8 Å². The van der Waals surface area contributed by atoms with Crippen molar-refractivity contribution >= 4 is 64.1 Å². The van der Waals surface area contributed by atoms with Crippen LogP contribution >= 0.6 is 46.4 Å². The van der Waals surface area contributed by atoms with Gasteiger partial charge in [-0.15, -0.1) is 0 Å². The second kappa shape index (κ2) is 12.3. The maximum Gasteiger partial charge on any atom is 0.255 e. The molecule has 10 N–H and O–H groups in total. The Bertz CT molecular complexity index is 1700. The number of hydrogen-bond acceptors (Lipinski definition) is 8. The van der Waals surface area contributed by atoms with Gasteiger partial charge in [0.2, 0.25) is 5.91 Å². The first kappa shape index (κ1) is 35.5. The first-order valence-corrected chi connectivity index (χ1v) is 15.8. The van der Waals surface area contributed by atoms with E-state index in [1.54, 1.807) is 36.4 Å². The summed E-state index contributed by atoms with van der Waals surface area (Å²) in [6.07, 6.45) is -1.23. The number of nitrogens with zero attached hydrogens (tertiary/aromatic N) is 1. The number of alkyl halides is 2. The highest BCUT2D eigenvalue weighted by molar-refractivity contribution is 6.42. The molecule has 0 aromatic heterocycles. The largest absolute Gasteiger partial charge is 0.371 e. The summed E-state index contributed by atoms with van der Waals surface area (Å²) in [5, 5.41) is 10.9. The van der Waals surface area contributed by atoms with Crippen LogP contribution in [0.4, 0.5) is 8.78 Å². The fourth-order valence-corrected chi connectivity index (χ4v) is 7.91. The molecule has 0 saturated heterocycles. The van der Waals surface area contributed by atoms with Crippen LogP contribution in [0, 0.1) is 35.0 Å². The molecule has 0 aliphatic heterocycles. The van der Waals surface area contributed by atoms with Crippen LogP contribution in [0.25, 0.3) is 0 Å². The fourth-order valence-electron chi connectivity index (χ4n) is 7.27. The van der Waals surface area contributed by atoms with Crippen LogP contribution in [-0.2, 0) is 37.1 Å². The van der Waals surface area contributed by atoms with Crippen LogP contribution < -0.4 is 28.7 Å². The van der Waals surface area contributed by atoms with Crippen LogP contribution in [-0.4, -0.2) is 52.3 Å². The molecule has 2 aromatic rings. The third-order valence-electron chi connectivity index (χ3n) is 9.85. The predicted octanol–water partition coefficient (Wildman–Crippen LogP) is 2.85. The Morgan fingerprint density at radius 3 is 1.60 bits per heavy atom. The molecule has 252 valence electrons. The molecule has 0 spiro atoms. The van der Waals surface area contributed by atoms with Crippen molar-refractivity contribution in [3.8, 4) is 6.07 Å². The lowest BCUT2D eigenvalue weighted by molar-refractivity contribution is -0.135. The smallest absolute Gasteiger partial charge is 0.255 e. The maximum absolute atomic E-state index is 14.6. The molecule has 4 fully saturated rings. The van der Waals surface area contributed by atoms with Crippen molar-refractivity contribution in [1.29, 1.82) is 5.26 Å².